The summed E-state index contributed by atoms with van der Waals surface area (Å²) < 4.78 is 11.1. The zero-order chi connectivity index (χ0) is 12.7. The topological polar surface area (TPSA) is 57.4 Å². The first-order chi connectivity index (χ1) is 8.13. The summed E-state index contributed by atoms with van der Waals surface area (Å²) in [6.07, 6.45) is 0.973. The van der Waals surface area contributed by atoms with E-state index in [9.17, 15) is 0 Å². The zero-order valence-electron chi connectivity index (χ0n) is 10.9. The van der Waals surface area contributed by atoms with Gasteiger partial charge in [0.05, 0.1) is 18.4 Å². The fraction of sp³-hybridized carbons (Fsp3) is 0.615. The number of hydrogen-bond acceptors (Lipinski definition) is 4. The van der Waals surface area contributed by atoms with Gasteiger partial charge in [0.15, 0.2) is 0 Å². The van der Waals surface area contributed by atoms with E-state index < -0.39 is 0 Å². The maximum absolute atomic E-state index is 5.65. The Bertz CT molecular complexity index is 340. The van der Waals surface area contributed by atoms with Gasteiger partial charge in [-0.3, -0.25) is 4.98 Å². The predicted octanol–water partition coefficient (Wildman–Crippen LogP) is 1.70. The fourth-order valence-corrected chi connectivity index (χ4v) is 1.48. The number of aromatic nitrogens is 1. The van der Waals surface area contributed by atoms with Gasteiger partial charge in [-0.15, -0.1) is 0 Å². The highest BCUT2D eigenvalue weighted by atomic mass is 16.5. The number of rotatable bonds is 7. The van der Waals surface area contributed by atoms with Crippen molar-refractivity contribution in [1.82, 2.24) is 4.98 Å². The lowest BCUT2D eigenvalue weighted by atomic mass is 10.2. The minimum Gasteiger partial charge on any atom is -0.489 e. The quantitative estimate of drug-likeness (QED) is 0.734. The van der Waals surface area contributed by atoms with Gasteiger partial charge < -0.3 is 15.2 Å². The van der Waals surface area contributed by atoms with E-state index in [4.69, 9.17) is 15.2 Å². The second-order valence-electron chi connectivity index (χ2n) is 4.20. The number of ether oxygens (including phenoxy) is 2. The van der Waals surface area contributed by atoms with Crippen molar-refractivity contribution >= 4 is 0 Å². The first kappa shape index (κ1) is 13.9. The van der Waals surface area contributed by atoms with Crippen LogP contribution in [0.5, 0.6) is 5.75 Å². The zero-order valence-corrected chi connectivity index (χ0v) is 10.9. The number of nitrogens with two attached hydrogens (primary N) is 1. The third-order valence-electron chi connectivity index (χ3n) is 2.24. The Morgan fingerprint density at radius 1 is 1.29 bits per heavy atom. The average molecular weight is 238 g/mol. The normalized spacial score (nSPS) is 10.9. The van der Waals surface area contributed by atoms with Crippen LogP contribution >= 0.6 is 0 Å². The van der Waals surface area contributed by atoms with Crippen LogP contribution in [0.3, 0.4) is 0 Å². The van der Waals surface area contributed by atoms with Crippen molar-refractivity contribution in [1.29, 1.82) is 0 Å². The Morgan fingerprint density at radius 2 is 2.06 bits per heavy atom. The summed E-state index contributed by atoms with van der Waals surface area (Å²) in [7, 11) is 0. The summed E-state index contributed by atoms with van der Waals surface area (Å²) in [5, 5.41) is 0. The van der Waals surface area contributed by atoms with Gasteiger partial charge in [-0.05, 0) is 39.4 Å². The molecule has 0 spiro atoms. The number of hydrogen-bond donors (Lipinski definition) is 1. The Balaban J connectivity index is 2.51. The van der Waals surface area contributed by atoms with Crippen molar-refractivity contribution in [3.05, 3.63) is 23.5 Å². The van der Waals surface area contributed by atoms with Gasteiger partial charge in [0.25, 0.3) is 0 Å². The summed E-state index contributed by atoms with van der Waals surface area (Å²) in [6, 6.07) is 3.89. The van der Waals surface area contributed by atoms with Crippen molar-refractivity contribution in [2.45, 2.75) is 33.3 Å². The van der Waals surface area contributed by atoms with Crippen molar-refractivity contribution < 1.29 is 9.47 Å². The highest BCUT2D eigenvalue weighted by Gasteiger charge is 2.05. The minimum absolute atomic E-state index is 0.234. The third-order valence-corrected chi connectivity index (χ3v) is 2.24. The molecule has 0 radical (unpaired) electrons. The van der Waals surface area contributed by atoms with E-state index in [0.29, 0.717) is 19.8 Å². The van der Waals surface area contributed by atoms with Crippen LogP contribution in [0.2, 0.25) is 0 Å². The molecule has 1 rings (SSSR count). The summed E-state index contributed by atoms with van der Waals surface area (Å²) >= 11 is 0. The summed E-state index contributed by atoms with van der Waals surface area (Å²) in [5.74, 6) is 0.813. The molecule has 0 bridgehead atoms. The SMILES string of the molecule is Cc1ccc(OCCOC(C)C)c(CCN)n1. The van der Waals surface area contributed by atoms with Crippen LogP contribution in [0, 0.1) is 6.92 Å². The number of aryl methyl sites for hydroxylation is 1. The van der Waals surface area contributed by atoms with Gasteiger partial charge in [-0.25, -0.2) is 0 Å². The van der Waals surface area contributed by atoms with Crippen LogP contribution in [0.25, 0.3) is 0 Å². The van der Waals surface area contributed by atoms with E-state index >= 15 is 0 Å². The molecule has 0 aliphatic carbocycles. The van der Waals surface area contributed by atoms with Crippen molar-refractivity contribution in [2.24, 2.45) is 5.73 Å². The van der Waals surface area contributed by atoms with Crippen molar-refractivity contribution in [3.63, 3.8) is 0 Å². The maximum Gasteiger partial charge on any atom is 0.140 e. The van der Waals surface area contributed by atoms with E-state index in [1.54, 1.807) is 0 Å². The monoisotopic (exact) mass is 238 g/mol. The molecular weight excluding hydrogens is 216 g/mol. The van der Waals surface area contributed by atoms with Crippen LogP contribution in [0.15, 0.2) is 12.1 Å². The molecule has 4 nitrogen and oxygen atoms in total. The van der Waals surface area contributed by atoms with Gasteiger partial charge in [0.2, 0.25) is 0 Å². The molecule has 4 heteroatoms. The molecule has 2 N–H and O–H groups in total. The van der Waals surface area contributed by atoms with Crippen LogP contribution < -0.4 is 10.5 Å². The second kappa shape index (κ2) is 7.25. The Kier molecular flexibility index (Phi) is 5.94. The lowest BCUT2D eigenvalue weighted by molar-refractivity contribution is 0.0549. The molecule has 0 saturated carbocycles. The number of nitrogens with zero attached hydrogens (tertiary/aromatic N) is 1. The molecule has 1 aromatic heterocycles. The molecule has 17 heavy (non-hydrogen) atoms. The van der Waals surface area contributed by atoms with Gasteiger partial charge in [0.1, 0.15) is 12.4 Å². The first-order valence-electron chi connectivity index (χ1n) is 6.04. The standard InChI is InChI=1S/C13H22N2O2/c1-10(2)16-8-9-17-13-5-4-11(3)15-12(13)6-7-14/h4-5,10H,6-9,14H2,1-3H3. The van der Waals surface area contributed by atoms with Crippen LogP contribution in [-0.4, -0.2) is 30.8 Å². The maximum atomic E-state index is 5.65. The molecular formula is C13H22N2O2. The molecule has 1 aromatic rings. The lowest BCUT2D eigenvalue weighted by Gasteiger charge is -2.12. The molecule has 0 fully saturated rings. The highest BCUT2D eigenvalue weighted by molar-refractivity contribution is 5.29. The van der Waals surface area contributed by atoms with E-state index in [1.807, 2.05) is 32.9 Å². The summed E-state index contributed by atoms with van der Waals surface area (Å²) in [6.45, 7) is 7.69. The predicted molar refractivity (Wildman–Crippen MR) is 68.3 cm³/mol. The smallest absolute Gasteiger partial charge is 0.140 e. The number of pyridine rings is 1. The van der Waals surface area contributed by atoms with Crippen LogP contribution in [0.4, 0.5) is 0 Å². The van der Waals surface area contributed by atoms with E-state index in [-0.39, 0.29) is 6.10 Å². The molecule has 96 valence electrons. The van der Waals surface area contributed by atoms with E-state index in [2.05, 4.69) is 4.98 Å². The highest BCUT2D eigenvalue weighted by Crippen LogP contribution is 2.17. The van der Waals surface area contributed by atoms with Crippen LogP contribution in [-0.2, 0) is 11.2 Å². The van der Waals surface area contributed by atoms with Crippen LogP contribution in [0.1, 0.15) is 25.2 Å². The molecule has 0 aliphatic heterocycles. The largest absolute Gasteiger partial charge is 0.489 e. The molecule has 0 atom stereocenters. The van der Waals surface area contributed by atoms with Gasteiger partial charge >= 0.3 is 0 Å². The molecule has 0 saturated heterocycles. The lowest BCUT2D eigenvalue weighted by Crippen LogP contribution is -2.13. The first-order valence-corrected chi connectivity index (χ1v) is 6.04. The molecule has 0 amide bonds. The fourth-order valence-electron chi connectivity index (χ4n) is 1.48. The Morgan fingerprint density at radius 3 is 2.71 bits per heavy atom. The van der Waals surface area contributed by atoms with Crippen molar-refractivity contribution in [2.75, 3.05) is 19.8 Å². The molecule has 0 aromatic carbocycles. The molecule has 0 unspecified atom stereocenters. The Hall–Kier alpha value is -1.13. The van der Waals surface area contributed by atoms with Gasteiger partial charge in [-0.1, -0.05) is 0 Å². The summed E-state index contributed by atoms with van der Waals surface area (Å²) in [4.78, 5) is 4.43. The van der Waals surface area contributed by atoms with E-state index in [1.165, 1.54) is 0 Å². The third kappa shape index (κ3) is 5.15. The van der Waals surface area contributed by atoms with E-state index in [0.717, 1.165) is 23.6 Å². The second-order valence-corrected chi connectivity index (χ2v) is 4.20. The molecule has 1 heterocycles. The summed E-state index contributed by atoms with van der Waals surface area (Å²) in [5.41, 5.74) is 7.47. The molecule has 0 aliphatic rings. The van der Waals surface area contributed by atoms with Gasteiger partial charge in [0, 0.05) is 12.1 Å². The Labute approximate surface area is 103 Å². The van der Waals surface area contributed by atoms with Gasteiger partial charge in [-0.2, -0.15) is 0 Å². The average Bonchev–Trinajstić information content (AvgIpc) is 2.27. The van der Waals surface area contributed by atoms with Crippen molar-refractivity contribution in [3.8, 4) is 5.75 Å². The minimum atomic E-state index is 0.234.